The number of aliphatic hydroxyl groups excluding tert-OH is 1. The van der Waals surface area contributed by atoms with Crippen molar-refractivity contribution in [2.24, 2.45) is 13.0 Å². The van der Waals surface area contributed by atoms with Gasteiger partial charge in [0.25, 0.3) is 11.8 Å². The number of hydrogen-bond donors (Lipinski definition) is 2. The highest BCUT2D eigenvalue weighted by Gasteiger charge is 2.22. The average Bonchev–Trinajstić information content (AvgIpc) is 3.09. The van der Waals surface area contributed by atoms with Gasteiger partial charge in [-0.2, -0.15) is 0 Å². The molecule has 3 aromatic rings. The predicted molar refractivity (Wildman–Crippen MR) is 132 cm³/mol. The smallest absolute Gasteiger partial charge is 0.253 e. The van der Waals surface area contributed by atoms with Crippen LogP contribution in [0.25, 0.3) is 10.9 Å². The summed E-state index contributed by atoms with van der Waals surface area (Å²) in [6, 6.07) is 15.3. The Morgan fingerprint density at radius 1 is 1.03 bits per heavy atom. The lowest BCUT2D eigenvalue weighted by atomic mass is 10.0. The van der Waals surface area contributed by atoms with Crippen molar-refractivity contribution in [2.75, 3.05) is 19.8 Å². The van der Waals surface area contributed by atoms with Crippen molar-refractivity contribution in [2.45, 2.75) is 39.5 Å². The number of carbonyl (C=O) groups excluding carboxylic acids is 2. The second-order valence-corrected chi connectivity index (χ2v) is 9.17. The third kappa shape index (κ3) is 5.54. The van der Waals surface area contributed by atoms with Gasteiger partial charge in [0.1, 0.15) is 6.10 Å². The first-order valence-corrected chi connectivity index (χ1v) is 11.2. The van der Waals surface area contributed by atoms with E-state index < -0.39 is 6.10 Å². The summed E-state index contributed by atoms with van der Waals surface area (Å²) in [5, 5.41) is 11.3. The van der Waals surface area contributed by atoms with Crippen molar-refractivity contribution >= 4 is 28.4 Å². The maximum absolute atomic E-state index is 13.1. The van der Waals surface area contributed by atoms with Crippen LogP contribution in [0.5, 0.6) is 0 Å². The fourth-order valence-electron chi connectivity index (χ4n) is 4.04. The number of benzene rings is 2. The predicted octanol–water partition coefficient (Wildman–Crippen LogP) is 3.40. The van der Waals surface area contributed by atoms with Gasteiger partial charge in [0.05, 0.1) is 6.54 Å². The lowest BCUT2D eigenvalue weighted by Crippen LogP contribution is -2.36. The van der Waals surface area contributed by atoms with Gasteiger partial charge in [-0.15, -0.1) is 0 Å². The molecule has 1 aromatic heterocycles. The van der Waals surface area contributed by atoms with E-state index in [2.05, 4.69) is 22.8 Å². The second kappa shape index (κ2) is 10.1. The lowest BCUT2D eigenvalue weighted by Gasteiger charge is -2.23. The Bertz CT molecular complexity index is 1150. The van der Waals surface area contributed by atoms with Gasteiger partial charge in [0.15, 0.2) is 0 Å². The highest BCUT2D eigenvalue weighted by Crippen LogP contribution is 2.21. The Balaban J connectivity index is 1.74. The summed E-state index contributed by atoms with van der Waals surface area (Å²) in [4.78, 5) is 28.8. The summed E-state index contributed by atoms with van der Waals surface area (Å²) in [5.74, 6) is -0.274. The van der Waals surface area contributed by atoms with Gasteiger partial charge in [0, 0.05) is 50.1 Å². The van der Waals surface area contributed by atoms with E-state index in [1.54, 1.807) is 37.2 Å². The van der Waals surface area contributed by atoms with Crippen LogP contribution in [0.3, 0.4) is 0 Å². The van der Waals surface area contributed by atoms with Crippen LogP contribution >= 0.6 is 0 Å². The first-order chi connectivity index (χ1) is 15.6. The van der Waals surface area contributed by atoms with Crippen LogP contribution in [0.2, 0.25) is 0 Å². The highest BCUT2D eigenvalue weighted by atomic mass is 16.3. The fourth-order valence-corrected chi connectivity index (χ4v) is 4.04. The quantitative estimate of drug-likeness (QED) is 0.515. The van der Waals surface area contributed by atoms with E-state index in [1.807, 2.05) is 33.0 Å². The molecule has 0 fully saturated rings. The number of anilines is 1. The first-order valence-electron chi connectivity index (χ1n) is 11.2. The molecule has 0 aliphatic heterocycles. The number of fused-ring (bicyclic) bond motifs is 1. The van der Waals surface area contributed by atoms with Crippen molar-refractivity contribution < 1.29 is 14.7 Å². The van der Waals surface area contributed by atoms with Gasteiger partial charge in [-0.25, -0.2) is 0 Å². The molecular formula is C26H34N4O3. The third-order valence-corrected chi connectivity index (χ3v) is 5.95. The molecule has 3 N–H and O–H groups in total. The van der Waals surface area contributed by atoms with Crippen LogP contribution in [-0.4, -0.2) is 51.5 Å². The van der Waals surface area contributed by atoms with E-state index in [1.165, 1.54) is 4.90 Å². The zero-order valence-corrected chi connectivity index (χ0v) is 20.1. The second-order valence-electron chi connectivity index (χ2n) is 9.17. The Kier molecular flexibility index (Phi) is 7.43. The molecule has 0 saturated carbocycles. The van der Waals surface area contributed by atoms with E-state index >= 15 is 0 Å². The van der Waals surface area contributed by atoms with E-state index in [0.29, 0.717) is 29.8 Å². The number of nitrogens with two attached hydrogens (primary N) is 1. The van der Waals surface area contributed by atoms with E-state index in [9.17, 15) is 14.7 Å². The van der Waals surface area contributed by atoms with Gasteiger partial charge < -0.3 is 25.2 Å². The molecular weight excluding hydrogens is 416 g/mol. The summed E-state index contributed by atoms with van der Waals surface area (Å²) < 4.78 is 2.09. The normalized spacial score (nSPS) is 12.2. The van der Waals surface area contributed by atoms with E-state index in [-0.39, 0.29) is 24.3 Å². The standard InChI is InChI=1S/C26H34N4O3/c1-17(2)12-24(31)26(33)28(3)15-20-13-19(10-11-22(20)27)25(32)29(4)16-21-14-18-8-6-7-9-23(18)30(21)5/h6-11,13-14,17,24,31H,12,15-16,27H2,1-5H3. The summed E-state index contributed by atoms with van der Waals surface area (Å²) >= 11 is 0. The lowest BCUT2D eigenvalue weighted by molar-refractivity contribution is -0.140. The fraction of sp³-hybridized carbons (Fsp3) is 0.385. The number of para-hydroxylation sites is 1. The Morgan fingerprint density at radius 3 is 2.39 bits per heavy atom. The molecule has 33 heavy (non-hydrogen) atoms. The summed E-state index contributed by atoms with van der Waals surface area (Å²) in [5.41, 5.74) is 9.96. The van der Waals surface area contributed by atoms with Gasteiger partial charge in [-0.1, -0.05) is 32.0 Å². The number of rotatable bonds is 8. The topological polar surface area (TPSA) is 91.8 Å². The highest BCUT2D eigenvalue weighted by molar-refractivity contribution is 5.95. The van der Waals surface area contributed by atoms with Crippen molar-refractivity contribution in [3.63, 3.8) is 0 Å². The largest absolute Gasteiger partial charge is 0.398 e. The zero-order chi connectivity index (χ0) is 24.3. The van der Waals surface area contributed by atoms with E-state index in [0.717, 1.165) is 16.6 Å². The first kappa shape index (κ1) is 24.3. The number of likely N-dealkylation sites (N-methyl/N-ethyl adjacent to an activating group) is 1. The third-order valence-electron chi connectivity index (χ3n) is 5.95. The zero-order valence-electron chi connectivity index (χ0n) is 20.1. The van der Waals surface area contributed by atoms with Crippen LogP contribution in [-0.2, 0) is 24.9 Å². The molecule has 0 bridgehead atoms. The molecule has 2 aromatic carbocycles. The van der Waals surface area contributed by atoms with Crippen LogP contribution in [0.15, 0.2) is 48.5 Å². The molecule has 3 rings (SSSR count). The van der Waals surface area contributed by atoms with Crippen molar-refractivity contribution in [1.29, 1.82) is 0 Å². The average molecular weight is 451 g/mol. The minimum atomic E-state index is -1.05. The molecule has 0 aliphatic carbocycles. The molecule has 2 amide bonds. The Labute approximate surface area is 195 Å². The van der Waals surface area contributed by atoms with Gasteiger partial charge in [-0.3, -0.25) is 9.59 Å². The Morgan fingerprint density at radius 2 is 1.73 bits per heavy atom. The number of aliphatic hydroxyl groups is 1. The minimum Gasteiger partial charge on any atom is -0.398 e. The van der Waals surface area contributed by atoms with E-state index in [4.69, 9.17) is 5.73 Å². The molecule has 7 heteroatoms. The molecule has 0 aliphatic rings. The van der Waals surface area contributed by atoms with Gasteiger partial charge in [0.2, 0.25) is 0 Å². The maximum atomic E-state index is 13.1. The minimum absolute atomic E-state index is 0.129. The molecule has 1 atom stereocenters. The van der Waals surface area contributed by atoms with Crippen LogP contribution in [0.4, 0.5) is 5.69 Å². The van der Waals surface area contributed by atoms with Crippen molar-refractivity contribution in [1.82, 2.24) is 14.4 Å². The summed E-state index contributed by atoms with van der Waals surface area (Å²) in [7, 11) is 5.40. The summed E-state index contributed by atoms with van der Waals surface area (Å²) in [6.45, 7) is 4.59. The van der Waals surface area contributed by atoms with Gasteiger partial charge >= 0.3 is 0 Å². The molecule has 0 spiro atoms. The molecule has 1 unspecified atom stereocenters. The van der Waals surface area contributed by atoms with Gasteiger partial charge in [-0.05, 0) is 53.6 Å². The Hall–Kier alpha value is -3.32. The number of carbonyl (C=O) groups is 2. The molecule has 176 valence electrons. The monoisotopic (exact) mass is 450 g/mol. The molecule has 1 heterocycles. The van der Waals surface area contributed by atoms with Crippen LogP contribution in [0.1, 0.15) is 41.9 Å². The number of hydrogen-bond acceptors (Lipinski definition) is 4. The van der Waals surface area contributed by atoms with Crippen molar-refractivity contribution in [3.8, 4) is 0 Å². The van der Waals surface area contributed by atoms with Crippen LogP contribution < -0.4 is 5.73 Å². The number of nitrogens with zero attached hydrogens (tertiary/aromatic N) is 3. The molecule has 7 nitrogen and oxygen atoms in total. The number of aryl methyl sites for hydroxylation is 1. The number of amides is 2. The molecule has 0 radical (unpaired) electrons. The summed E-state index contributed by atoms with van der Waals surface area (Å²) in [6.07, 6.45) is -0.649. The number of nitrogen functional groups attached to an aromatic ring is 1. The SMILES string of the molecule is CC(C)CC(O)C(=O)N(C)Cc1cc(C(=O)N(C)Cc2cc3ccccc3n2C)ccc1N. The maximum Gasteiger partial charge on any atom is 0.253 e. The van der Waals surface area contributed by atoms with Crippen LogP contribution in [0, 0.1) is 5.92 Å². The molecule has 0 saturated heterocycles. The number of aromatic nitrogens is 1. The van der Waals surface area contributed by atoms with Crippen molar-refractivity contribution in [3.05, 3.63) is 65.4 Å².